The lowest BCUT2D eigenvalue weighted by Gasteiger charge is -2.33. The second-order valence-corrected chi connectivity index (χ2v) is 4.05. The van der Waals surface area contributed by atoms with Crippen LogP contribution in [0.3, 0.4) is 0 Å². The normalized spacial score (nSPS) is 25.9. The van der Waals surface area contributed by atoms with Crippen LogP contribution in [0.1, 0.15) is 18.1 Å². The summed E-state index contributed by atoms with van der Waals surface area (Å²) in [5.74, 6) is 0. The maximum Gasteiger partial charge on any atom is 0.167 e. The molecule has 0 amide bonds. The second-order valence-electron chi connectivity index (χ2n) is 3.61. The first kappa shape index (κ1) is 9.97. The minimum Gasteiger partial charge on any atom is -0.324 e. The average molecular weight is 213 g/mol. The third-order valence-electron chi connectivity index (χ3n) is 2.19. The van der Waals surface area contributed by atoms with Gasteiger partial charge in [0, 0.05) is 11.4 Å². The van der Waals surface area contributed by atoms with E-state index in [-0.39, 0.29) is 12.6 Å². The summed E-state index contributed by atoms with van der Waals surface area (Å²) in [6.45, 7) is 3.92. The average Bonchev–Trinajstić information content (AvgIpc) is 1.99. The third kappa shape index (κ3) is 2.27. The molecule has 0 saturated carbocycles. The second kappa shape index (κ2) is 3.89. The summed E-state index contributed by atoms with van der Waals surface area (Å²) in [5, 5.41) is 0.771. The fourth-order valence-corrected chi connectivity index (χ4v) is 1.97. The van der Waals surface area contributed by atoms with Crippen LogP contribution in [0, 0.1) is 6.92 Å². The van der Waals surface area contributed by atoms with Gasteiger partial charge in [-0.25, -0.2) is 0 Å². The zero-order valence-corrected chi connectivity index (χ0v) is 9.04. The van der Waals surface area contributed by atoms with Crippen LogP contribution in [-0.4, -0.2) is 12.6 Å². The topological polar surface area (TPSA) is 18.5 Å². The predicted molar refractivity (Wildman–Crippen MR) is 55.3 cm³/mol. The lowest BCUT2D eigenvalue weighted by atomic mass is 10.1. The zero-order chi connectivity index (χ0) is 10.1. The van der Waals surface area contributed by atoms with E-state index in [0.29, 0.717) is 0 Å². The highest BCUT2D eigenvalue weighted by molar-refractivity contribution is 6.30. The minimum absolute atomic E-state index is 0.0553. The Bertz CT molecular complexity index is 312. The molecular formula is C11H13ClO2. The number of aryl methyl sites for hydroxylation is 1. The summed E-state index contributed by atoms with van der Waals surface area (Å²) in [5.41, 5.74) is 2.33. The fourth-order valence-electron chi connectivity index (χ4n) is 1.66. The highest BCUT2D eigenvalue weighted by Gasteiger charge is 2.26. The Labute approximate surface area is 88.8 Å². The van der Waals surface area contributed by atoms with Gasteiger partial charge >= 0.3 is 0 Å². The van der Waals surface area contributed by atoms with Crippen molar-refractivity contribution in [2.24, 2.45) is 0 Å². The Balaban J connectivity index is 2.02. The molecule has 1 aliphatic heterocycles. The molecule has 1 aromatic rings. The van der Waals surface area contributed by atoms with Crippen molar-refractivity contribution >= 4 is 11.6 Å². The van der Waals surface area contributed by atoms with E-state index in [0.717, 1.165) is 17.0 Å². The van der Waals surface area contributed by atoms with E-state index in [2.05, 4.69) is 6.07 Å². The quantitative estimate of drug-likeness (QED) is 0.751. The Morgan fingerprint density at radius 1 is 1.29 bits per heavy atom. The van der Waals surface area contributed by atoms with Crippen LogP contribution in [0.4, 0.5) is 0 Å². The van der Waals surface area contributed by atoms with Crippen molar-refractivity contribution in [1.29, 1.82) is 0 Å². The Hall–Kier alpha value is -0.570. The largest absolute Gasteiger partial charge is 0.324 e. The van der Waals surface area contributed by atoms with E-state index < -0.39 is 0 Å². The van der Waals surface area contributed by atoms with E-state index in [1.165, 1.54) is 5.56 Å². The molecule has 1 aliphatic rings. The van der Waals surface area contributed by atoms with Gasteiger partial charge in [0.1, 0.15) is 0 Å². The molecule has 0 bridgehead atoms. The van der Waals surface area contributed by atoms with Crippen molar-refractivity contribution in [3.8, 4) is 0 Å². The van der Waals surface area contributed by atoms with Crippen LogP contribution < -0.4 is 0 Å². The highest BCUT2D eigenvalue weighted by Crippen LogP contribution is 2.22. The van der Waals surface area contributed by atoms with Crippen molar-refractivity contribution in [3.63, 3.8) is 0 Å². The van der Waals surface area contributed by atoms with E-state index in [9.17, 15) is 0 Å². The van der Waals surface area contributed by atoms with Crippen LogP contribution in [0.2, 0.25) is 5.02 Å². The molecule has 0 aromatic heterocycles. The first-order chi connectivity index (χ1) is 6.63. The van der Waals surface area contributed by atoms with Crippen LogP contribution in [0.25, 0.3) is 0 Å². The van der Waals surface area contributed by atoms with Crippen molar-refractivity contribution < 1.29 is 9.47 Å². The maximum atomic E-state index is 5.94. The monoisotopic (exact) mass is 212 g/mol. The molecule has 0 spiro atoms. The number of ether oxygens (including phenoxy) is 2. The molecule has 0 radical (unpaired) electrons. The van der Waals surface area contributed by atoms with Crippen molar-refractivity contribution in [3.05, 3.63) is 34.3 Å². The molecule has 14 heavy (non-hydrogen) atoms. The Morgan fingerprint density at radius 2 is 2.00 bits per heavy atom. The molecule has 1 aromatic carbocycles. The van der Waals surface area contributed by atoms with Gasteiger partial charge in [-0.3, -0.25) is 0 Å². The van der Waals surface area contributed by atoms with E-state index in [1.54, 1.807) is 0 Å². The maximum absolute atomic E-state index is 5.94. The van der Waals surface area contributed by atoms with Gasteiger partial charge in [-0.1, -0.05) is 17.7 Å². The summed E-state index contributed by atoms with van der Waals surface area (Å²) < 4.78 is 10.7. The van der Waals surface area contributed by atoms with Crippen molar-refractivity contribution in [1.82, 2.24) is 0 Å². The van der Waals surface area contributed by atoms with Gasteiger partial charge < -0.3 is 9.47 Å². The molecule has 1 fully saturated rings. The van der Waals surface area contributed by atoms with Crippen molar-refractivity contribution in [2.75, 3.05) is 0 Å². The van der Waals surface area contributed by atoms with Crippen molar-refractivity contribution in [2.45, 2.75) is 32.8 Å². The SMILES string of the molecule is Cc1cc(Cl)cc(CC2OC(C)O2)c1. The molecule has 0 aliphatic carbocycles. The minimum atomic E-state index is -0.0946. The van der Waals surface area contributed by atoms with Gasteiger partial charge in [0.2, 0.25) is 0 Å². The van der Waals surface area contributed by atoms with Gasteiger partial charge in [-0.15, -0.1) is 0 Å². The summed E-state index contributed by atoms with van der Waals surface area (Å²) in [6.07, 6.45) is 0.620. The molecule has 76 valence electrons. The zero-order valence-electron chi connectivity index (χ0n) is 8.29. The first-order valence-electron chi connectivity index (χ1n) is 4.70. The molecule has 1 saturated heterocycles. The van der Waals surface area contributed by atoms with Crippen LogP contribution in [0.5, 0.6) is 0 Å². The highest BCUT2D eigenvalue weighted by atomic mass is 35.5. The van der Waals surface area contributed by atoms with Gasteiger partial charge in [0.05, 0.1) is 0 Å². The number of hydrogen-bond acceptors (Lipinski definition) is 2. The van der Waals surface area contributed by atoms with Gasteiger partial charge in [-0.2, -0.15) is 0 Å². The summed E-state index contributed by atoms with van der Waals surface area (Å²) in [4.78, 5) is 0. The van der Waals surface area contributed by atoms with Gasteiger partial charge in [-0.05, 0) is 37.1 Å². The van der Waals surface area contributed by atoms with Gasteiger partial charge in [0.15, 0.2) is 12.6 Å². The number of benzene rings is 1. The molecule has 3 heteroatoms. The smallest absolute Gasteiger partial charge is 0.167 e. The number of rotatable bonds is 2. The molecule has 0 unspecified atom stereocenters. The van der Waals surface area contributed by atoms with Crippen LogP contribution in [0.15, 0.2) is 18.2 Å². The summed E-state index contributed by atoms with van der Waals surface area (Å²) in [7, 11) is 0. The lowest BCUT2D eigenvalue weighted by molar-refractivity contribution is -0.374. The Kier molecular flexibility index (Phi) is 2.77. The van der Waals surface area contributed by atoms with Crippen LogP contribution in [-0.2, 0) is 15.9 Å². The lowest BCUT2D eigenvalue weighted by Crippen LogP contribution is -2.40. The molecule has 2 rings (SSSR count). The first-order valence-corrected chi connectivity index (χ1v) is 5.08. The molecule has 0 atom stereocenters. The predicted octanol–water partition coefficient (Wildman–Crippen LogP) is 2.91. The molecule has 1 heterocycles. The standard InChI is InChI=1S/C11H13ClO2/c1-7-3-9(5-10(12)4-7)6-11-13-8(2)14-11/h3-5,8,11H,6H2,1-2H3. The van der Waals surface area contributed by atoms with Gasteiger partial charge in [0.25, 0.3) is 0 Å². The third-order valence-corrected chi connectivity index (χ3v) is 2.41. The fraction of sp³-hybridized carbons (Fsp3) is 0.455. The van der Waals surface area contributed by atoms with Crippen LogP contribution >= 0.6 is 11.6 Å². The molecule has 0 N–H and O–H groups in total. The Morgan fingerprint density at radius 3 is 2.57 bits per heavy atom. The summed E-state index contributed by atoms with van der Waals surface area (Å²) >= 11 is 5.94. The molecular weight excluding hydrogens is 200 g/mol. The number of hydrogen-bond donors (Lipinski definition) is 0. The van der Waals surface area contributed by atoms with E-state index >= 15 is 0 Å². The van der Waals surface area contributed by atoms with E-state index in [4.69, 9.17) is 21.1 Å². The summed E-state index contributed by atoms with van der Waals surface area (Å²) in [6, 6.07) is 5.99. The number of halogens is 1. The van der Waals surface area contributed by atoms with E-state index in [1.807, 2.05) is 26.0 Å². The molecule has 2 nitrogen and oxygen atoms in total.